The van der Waals surface area contributed by atoms with Crippen molar-refractivity contribution in [1.82, 2.24) is 15.3 Å². The molecular weight excluding hydrogens is 214 g/mol. The van der Waals surface area contributed by atoms with E-state index in [-0.39, 0.29) is 5.69 Å². The van der Waals surface area contributed by atoms with Gasteiger partial charge in [-0.15, -0.1) is 0 Å². The summed E-state index contributed by atoms with van der Waals surface area (Å²) in [5.41, 5.74) is -0.206. The Kier molecular flexibility index (Phi) is 3.61. The minimum atomic E-state index is -2.54. The van der Waals surface area contributed by atoms with Gasteiger partial charge in [-0.25, -0.2) is 18.7 Å². The van der Waals surface area contributed by atoms with E-state index in [4.69, 9.17) is 0 Å². The molecule has 1 aliphatic rings. The zero-order valence-electron chi connectivity index (χ0n) is 8.87. The van der Waals surface area contributed by atoms with Crippen LogP contribution in [0.4, 0.5) is 14.6 Å². The van der Waals surface area contributed by atoms with E-state index in [1.165, 1.54) is 12.4 Å². The van der Waals surface area contributed by atoms with E-state index in [2.05, 4.69) is 15.3 Å². The van der Waals surface area contributed by atoms with Crippen molar-refractivity contribution in [1.29, 1.82) is 0 Å². The molecule has 0 bridgehead atoms. The summed E-state index contributed by atoms with van der Waals surface area (Å²) in [6, 6.07) is 1.37. The summed E-state index contributed by atoms with van der Waals surface area (Å²) in [4.78, 5) is 9.60. The normalized spacial score (nSPS) is 17.6. The Morgan fingerprint density at radius 2 is 2.12 bits per heavy atom. The SMILES string of the molecule is FC(F)c1cc(N2CCCNCC2)ncn1. The predicted molar refractivity (Wildman–Crippen MR) is 56.7 cm³/mol. The van der Waals surface area contributed by atoms with Crippen LogP contribution in [-0.4, -0.2) is 36.1 Å². The third kappa shape index (κ3) is 2.63. The van der Waals surface area contributed by atoms with Gasteiger partial charge in [0.1, 0.15) is 17.8 Å². The van der Waals surface area contributed by atoms with Crippen LogP contribution in [0.25, 0.3) is 0 Å². The van der Waals surface area contributed by atoms with Gasteiger partial charge in [0.25, 0.3) is 6.43 Å². The highest BCUT2D eigenvalue weighted by Crippen LogP contribution is 2.20. The first-order valence-electron chi connectivity index (χ1n) is 5.33. The number of nitrogens with one attached hydrogen (secondary N) is 1. The van der Waals surface area contributed by atoms with Gasteiger partial charge >= 0.3 is 0 Å². The predicted octanol–water partition coefficient (Wildman–Crippen LogP) is 1.21. The molecule has 1 N–H and O–H groups in total. The van der Waals surface area contributed by atoms with Gasteiger partial charge in [-0.1, -0.05) is 0 Å². The first-order chi connectivity index (χ1) is 7.77. The van der Waals surface area contributed by atoms with E-state index in [1.54, 1.807) is 0 Å². The summed E-state index contributed by atoms with van der Waals surface area (Å²) in [6.07, 6.45) is -0.338. The zero-order chi connectivity index (χ0) is 11.4. The molecule has 1 aliphatic heterocycles. The molecule has 1 saturated heterocycles. The number of alkyl halides is 2. The highest BCUT2D eigenvalue weighted by atomic mass is 19.3. The van der Waals surface area contributed by atoms with Crippen molar-refractivity contribution >= 4 is 5.82 Å². The molecule has 0 aromatic carbocycles. The van der Waals surface area contributed by atoms with Crippen molar-refractivity contribution in [2.45, 2.75) is 12.8 Å². The van der Waals surface area contributed by atoms with Gasteiger partial charge in [0.2, 0.25) is 0 Å². The minimum Gasteiger partial charge on any atom is -0.355 e. The molecule has 0 unspecified atom stereocenters. The summed E-state index contributed by atoms with van der Waals surface area (Å²) in [5.74, 6) is 0.592. The van der Waals surface area contributed by atoms with E-state index in [9.17, 15) is 8.78 Å². The molecule has 1 aromatic rings. The second-order valence-electron chi connectivity index (χ2n) is 3.69. The molecule has 0 saturated carbocycles. The highest BCUT2D eigenvalue weighted by molar-refractivity contribution is 5.39. The maximum atomic E-state index is 12.5. The van der Waals surface area contributed by atoms with Crippen LogP contribution in [0.1, 0.15) is 18.5 Å². The largest absolute Gasteiger partial charge is 0.355 e. The standard InChI is InChI=1S/C10H14F2N4/c11-10(12)8-6-9(15-7-14-8)16-4-1-2-13-3-5-16/h6-7,10,13H,1-5H2. The van der Waals surface area contributed by atoms with Gasteiger partial charge in [0, 0.05) is 25.7 Å². The number of anilines is 1. The number of hydrogen-bond donors (Lipinski definition) is 1. The monoisotopic (exact) mass is 228 g/mol. The lowest BCUT2D eigenvalue weighted by Gasteiger charge is -2.20. The number of rotatable bonds is 2. The van der Waals surface area contributed by atoms with Crippen LogP contribution in [0.5, 0.6) is 0 Å². The van der Waals surface area contributed by atoms with E-state index in [0.717, 1.165) is 32.6 Å². The molecule has 0 radical (unpaired) electrons. The lowest BCUT2D eigenvalue weighted by Crippen LogP contribution is -2.28. The van der Waals surface area contributed by atoms with Crippen LogP contribution in [-0.2, 0) is 0 Å². The third-order valence-corrected chi connectivity index (χ3v) is 2.56. The number of hydrogen-bond acceptors (Lipinski definition) is 4. The van der Waals surface area contributed by atoms with Crippen LogP contribution >= 0.6 is 0 Å². The summed E-state index contributed by atoms with van der Waals surface area (Å²) in [5, 5.41) is 3.25. The molecule has 2 heterocycles. The Morgan fingerprint density at radius 1 is 1.25 bits per heavy atom. The molecule has 6 heteroatoms. The first kappa shape index (κ1) is 11.2. The molecule has 88 valence electrons. The Bertz CT molecular complexity index is 337. The van der Waals surface area contributed by atoms with Crippen LogP contribution in [0.2, 0.25) is 0 Å². The molecule has 4 nitrogen and oxygen atoms in total. The van der Waals surface area contributed by atoms with Crippen molar-refractivity contribution in [3.63, 3.8) is 0 Å². The summed E-state index contributed by atoms with van der Waals surface area (Å²) in [7, 11) is 0. The van der Waals surface area contributed by atoms with Crippen molar-refractivity contribution in [3.05, 3.63) is 18.1 Å². The quantitative estimate of drug-likeness (QED) is 0.826. The Hall–Kier alpha value is -1.30. The fourth-order valence-electron chi connectivity index (χ4n) is 1.73. The molecule has 2 rings (SSSR count). The van der Waals surface area contributed by atoms with Gasteiger partial charge in [0.15, 0.2) is 0 Å². The lowest BCUT2D eigenvalue weighted by atomic mass is 10.3. The summed E-state index contributed by atoms with van der Waals surface area (Å²) in [6.45, 7) is 3.45. The third-order valence-electron chi connectivity index (χ3n) is 2.56. The van der Waals surface area contributed by atoms with Crippen molar-refractivity contribution in [2.75, 3.05) is 31.1 Å². The summed E-state index contributed by atoms with van der Waals surface area (Å²) < 4.78 is 24.9. The zero-order valence-corrected chi connectivity index (χ0v) is 8.87. The Balaban J connectivity index is 2.15. The Labute approximate surface area is 92.7 Å². The van der Waals surface area contributed by atoms with Gasteiger partial charge in [0.05, 0.1) is 0 Å². The van der Waals surface area contributed by atoms with Gasteiger partial charge in [-0.3, -0.25) is 0 Å². The molecular formula is C10H14F2N4. The van der Waals surface area contributed by atoms with E-state index in [0.29, 0.717) is 5.82 Å². The molecule has 1 fully saturated rings. The molecule has 1 aromatic heterocycles. The van der Waals surface area contributed by atoms with E-state index >= 15 is 0 Å². The van der Waals surface area contributed by atoms with Gasteiger partial charge in [-0.05, 0) is 13.0 Å². The van der Waals surface area contributed by atoms with Gasteiger partial charge in [-0.2, -0.15) is 0 Å². The smallest absolute Gasteiger partial charge is 0.280 e. The average Bonchev–Trinajstić information content (AvgIpc) is 2.57. The number of halogens is 2. The fraction of sp³-hybridized carbons (Fsp3) is 0.600. The highest BCUT2D eigenvalue weighted by Gasteiger charge is 2.14. The van der Waals surface area contributed by atoms with Gasteiger partial charge < -0.3 is 10.2 Å². The second-order valence-corrected chi connectivity index (χ2v) is 3.69. The van der Waals surface area contributed by atoms with Crippen LogP contribution in [0.15, 0.2) is 12.4 Å². The van der Waals surface area contributed by atoms with Crippen LogP contribution in [0.3, 0.4) is 0 Å². The number of aromatic nitrogens is 2. The number of nitrogens with zero attached hydrogens (tertiary/aromatic N) is 3. The van der Waals surface area contributed by atoms with Crippen molar-refractivity contribution in [2.24, 2.45) is 0 Å². The Morgan fingerprint density at radius 3 is 2.94 bits per heavy atom. The molecule has 0 aliphatic carbocycles. The second kappa shape index (κ2) is 5.16. The topological polar surface area (TPSA) is 41.0 Å². The lowest BCUT2D eigenvalue weighted by molar-refractivity contribution is 0.146. The van der Waals surface area contributed by atoms with Crippen molar-refractivity contribution < 1.29 is 8.78 Å². The molecule has 0 amide bonds. The average molecular weight is 228 g/mol. The van der Waals surface area contributed by atoms with Crippen molar-refractivity contribution in [3.8, 4) is 0 Å². The minimum absolute atomic E-state index is 0.206. The van der Waals surface area contributed by atoms with Crippen LogP contribution < -0.4 is 10.2 Å². The van der Waals surface area contributed by atoms with E-state index < -0.39 is 6.43 Å². The first-order valence-corrected chi connectivity index (χ1v) is 5.33. The molecule has 16 heavy (non-hydrogen) atoms. The maximum Gasteiger partial charge on any atom is 0.280 e. The molecule has 0 atom stereocenters. The van der Waals surface area contributed by atoms with Crippen LogP contribution in [0, 0.1) is 0 Å². The fourth-order valence-corrected chi connectivity index (χ4v) is 1.73. The molecule has 0 spiro atoms. The maximum absolute atomic E-state index is 12.5. The van der Waals surface area contributed by atoms with E-state index in [1.807, 2.05) is 4.90 Å². The summed E-state index contributed by atoms with van der Waals surface area (Å²) >= 11 is 0.